The van der Waals surface area contributed by atoms with Gasteiger partial charge in [-0.25, -0.2) is 4.98 Å². The molecule has 7 heteroatoms. The fraction of sp³-hybridized carbons (Fsp3) is 0.200. The van der Waals surface area contributed by atoms with Gasteiger partial charge in [-0.05, 0) is 31.9 Å². The summed E-state index contributed by atoms with van der Waals surface area (Å²) < 4.78 is 1.84. The monoisotopic (exact) mass is 361 g/mol. The molecule has 4 aromatic rings. The van der Waals surface area contributed by atoms with Crippen LogP contribution in [0.25, 0.3) is 33.3 Å². The van der Waals surface area contributed by atoms with E-state index in [1.807, 2.05) is 44.0 Å². The average Bonchev–Trinajstić information content (AvgIpc) is 3.15. The highest BCUT2D eigenvalue weighted by Gasteiger charge is 2.19. The van der Waals surface area contributed by atoms with Crippen molar-refractivity contribution < 1.29 is 4.92 Å². The minimum absolute atomic E-state index is 0.0751. The van der Waals surface area contributed by atoms with Crippen LogP contribution in [0.1, 0.15) is 17.0 Å². The number of benzene rings is 1. The van der Waals surface area contributed by atoms with Gasteiger partial charge in [0.25, 0.3) is 5.69 Å². The van der Waals surface area contributed by atoms with Crippen molar-refractivity contribution in [1.29, 1.82) is 0 Å². The van der Waals surface area contributed by atoms with Crippen molar-refractivity contribution >= 4 is 16.7 Å². The normalized spacial score (nSPS) is 11.3. The molecule has 0 saturated carbocycles. The third-order valence-corrected chi connectivity index (χ3v) is 5.14. The fourth-order valence-electron chi connectivity index (χ4n) is 3.60. The summed E-state index contributed by atoms with van der Waals surface area (Å²) in [5, 5.41) is 16.5. The largest absolute Gasteiger partial charge is 0.343 e. The number of hydrogen-bond donors (Lipinski definition) is 1. The number of rotatable bonds is 3. The Kier molecular flexibility index (Phi) is 3.80. The number of nitrogens with one attached hydrogen (secondary N) is 1. The Morgan fingerprint density at radius 2 is 1.93 bits per heavy atom. The standard InChI is InChI=1S/C20H19N5O2/c1-11-16(17-10-22-24(4)13(17)3)9-21-20-18(11)19(12(2)23-20)14-6-5-7-15(8-14)25(26)27/h5-10H,1-4H3,(H,21,23). The van der Waals surface area contributed by atoms with Crippen LogP contribution in [0.3, 0.4) is 0 Å². The first kappa shape index (κ1) is 17.0. The summed E-state index contributed by atoms with van der Waals surface area (Å²) in [5.74, 6) is 0. The minimum Gasteiger partial charge on any atom is -0.343 e. The highest BCUT2D eigenvalue weighted by molar-refractivity contribution is 6.00. The summed E-state index contributed by atoms with van der Waals surface area (Å²) in [4.78, 5) is 18.7. The number of pyridine rings is 1. The van der Waals surface area contributed by atoms with Crippen LogP contribution in [0, 0.1) is 30.9 Å². The zero-order chi connectivity index (χ0) is 19.3. The molecule has 27 heavy (non-hydrogen) atoms. The number of H-pyrrole nitrogens is 1. The SMILES string of the molecule is Cc1[nH]c2ncc(-c3cnn(C)c3C)c(C)c2c1-c1cccc([N+](=O)[O-])c1. The molecule has 0 aliphatic carbocycles. The smallest absolute Gasteiger partial charge is 0.270 e. The maximum atomic E-state index is 11.2. The van der Waals surface area contributed by atoms with Crippen LogP contribution in [0.5, 0.6) is 0 Å². The lowest BCUT2D eigenvalue weighted by Gasteiger charge is -2.09. The predicted molar refractivity (Wildman–Crippen MR) is 105 cm³/mol. The summed E-state index contributed by atoms with van der Waals surface area (Å²) in [6.07, 6.45) is 3.70. The van der Waals surface area contributed by atoms with Crippen LogP contribution < -0.4 is 0 Å². The topological polar surface area (TPSA) is 89.6 Å². The molecule has 0 spiro atoms. The van der Waals surface area contributed by atoms with E-state index < -0.39 is 0 Å². The number of nitrogens with zero attached hydrogens (tertiary/aromatic N) is 4. The van der Waals surface area contributed by atoms with Crippen LogP contribution in [0.15, 0.2) is 36.7 Å². The maximum Gasteiger partial charge on any atom is 0.270 e. The summed E-state index contributed by atoms with van der Waals surface area (Å²) in [6.45, 7) is 6.04. The highest BCUT2D eigenvalue weighted by atomic mass is 16.6. The second kappa shape index (κ2) is 6.05. The number of nitro groups is 1. The molecule has 0 amide bonds. The number of non-ortho nitro benzene ring substituents is 1. The third kappa shape index (κ3) is 2.59. The fourth-order valence-corrected chi connectivity index (χ4v) is 3.60. The molecule has 136 valence electrons. The molecule has 0 bridgehead atoms. The number of fused-ring (bicyclic) bond motifs is 1. The summed E-state index contributed by atoms with van der Waals surface area (Å²) >= 11 is 0. The van der Waals surface area contributed by atoms with Gasteiger partial charge in [0, 0.05) is 58.8 Å². The lowest BCUT2D eigenvalue weighted by molar-refractivity contribution is -0.384. The van der Waals surface area contributed by atoms with Crippen molar-refractivity contribution in [2.45, 2.75) is 20.8 Å². The Morgan fingerprint density at radius 1 is 1.15 bits per heavy atom. The summed E-state index contributed by atoms with van der Waals surface area (Å²) in [7, 11) is 1.91. The molecular weight excluding hydrogens is 342 g/mol. The maximum absolute atomic E-state index is 11.2. The van der Waals surface area contributed by atoms with Crippen LogP contribution in [-0.2, 0) is 7.05 Å². The quantitative estimate of drug-likeness (QED) is 0.431. The van der Waals surface area contributed by atoms with E-state index in [1.54, 1.807) is 12.1 Å². The molecule has 7 nitrogen and oxygen atoms in total. The van der Waals surface area contributed by atoms with Crippen LogP contribution in [0.2, 0.25) is 0 Å². The Hall–Kier alpha value is -3.48. The molecule has 0 saturated heterocycles. The van der Waals surface area contributed by atoms with E-state index in [0.29, 0.717) is 0 Å². The zero-order valence-corrected chi connectivity index (χ0v) is 15.6. The minimum atomic E-state index is -0.372. The van der Waals surface area contributed by atoms with E-state index in [-0.39, 0.29) is 10.6 Å². The third-order valence-electron chi connectivity index (χ3n) is 5.14. The number of aromatic amines is 1. The van der Waals surface area contributed by atoms with Crippen molar-refractivity contribution in [2.24, 2.45) is 7.05 Å². The molecule has 0 atom stereocenters. The van der Waals surface area contributed by atoms with Gasteiger partial charge in [0.2, 0.25) is 0 Å². The molecule has 1 aromatic carbocycles. The van der Waals surface area contributed by atoms with Crippen molar-refractivity contribution in [3.05, 3.63) is 63.7 Å². The molecule has 0 aliphatic heterocycles. The van der Waals surface area contributed by atoms with Gasteiger partial charge in [-0.15, -0.1) is 0 Å². The first-order chi connectivity index (χ1) is 12.9. The lowest BCUT2D eigenvalue weighted by Crippen LogP contribution is -1.94. The Balaban J connectivity index is 2.01. The lowest BCUT2D eigenvalue weighted by atomic mass is 9.95. The molecule has 3 aromatic heterocycles. The van der Waals surface area contributed by atoms with E-state index in [0.717, 1.165) is 50.2 Å². The van der Waals surface area contributed by atoms with E-state index in [2.05, 4.69) is 22.0 Å². The van der Waals surface area contributed by atoms with Gasteiger partial charge in [-0.2, -0.15) is 5.10 Å². The molecule has 3 heterocycles. The Morgan fingerprint density at radius 3 is 2.59 bits per heavy atom. The van der Waals surface area contributed by atoms with Crippen LogP contribution in [0.4, 0.5) is 5.69 Å². The highest BCUT2D eigenvalue weighted by Crippen LogP contribution is 2.38. The first-order valence-electron chi connectivity index (χ1n) is 8.60. The van der Waals surface area contributed by atoms with E-state index in [4.69, 9.17) is 0 Å². The molecule has 0 unspecified atom stereocenters. The summed E-state index contributed by atoms with van der Waals surface area (Å²) in [5.41, 5.74) is 7.71. The number of aryl methyl sites for hydroxylation is 3. The molecule has 1 N–H and O–H groups in total. The molecular formula is C20H19N5O2. The van der Waals surface area contributed by atoms with Crippen LogP contribution in [-0.4, -0.2) is 24.7 Å². The average molecular weight is 361 g/mol. The van der Waals surface area contributed by atoms with Gasteiger partial charge in [0.15, 0.2) is 0 Å². The van der Waals surface area contributed by atoms with Gasteiger partial charge in [-0.3, -0.25) is 14.8 Å². The van der Waals surface area contributed by atoms with Crippen molar-refractivity contribution in [3.63, 3.8) is 0 Å². The van der Waals surface area contributed by atoms with Crippen molar-refractivity contribution in [1.82, 2.24) is 19.7 Å². The van der Waals surface area contributed by atoms with E-state index in [1.165, 1.54) is 6.07 Å². The number of nitro benzene ring substituents is 1. The zero-order valence-electron chi connectivity index (χ0n) is 15.6. The number of hydrogen-bond acceptors (Lipinski definition) is 4. The van der Waals surface area contributed by atoms with Gasteiger partial charge < -0.3 is 4.98 Å². The molecule has 4 rings (SSSR count). The van der Waals surface area contributed by atoms with Gasteiger partial charge >= 0.3 is 0 Å². The van der Waals surface area contributed by atoms with E-state index in [9.17, 15) is 10.1 Å². The van der Waals surface area contributed by atoms with Crippen LogP contribution >= 0.6 is 0 Å². The molecule has 0 aliphatic rings. The van der Waals surface area contributed by atoms with Crippen molar-refractivity contribution in [3.8, 4) is 22.3 Å². The second-order valence-electron chi connectivity index (χ2n) is 6.72. The van der Waals surface area contributed by atoms with Gasteiger partial charge in [0.1, 0.15) is 5.65 Å². The van der Waals surface area contributed by atoms with E-state index >= 15 is 0 Å². The predicted octanol–water partition coefficient (Wildman–Crippen LogP) is 4.46. The Labute approximate surface area is 155 Å². The summed E-state index contributed by atoms with van der Waals surface area (Å²) in [6, 6.07) is 6.72. The molecule has 0 fully saturated rings. The van der Waals surface area contributed by atoms with Gasteiger partial charge in [-0.1, -0.05) is 12.1 Å². The Bertz CT molecular complexity index is 1200. The number of aromatic nitrogens is 4. The second-order valence-corrected chi connectivity index (χ2v) is 6.72. The van der Waals surface area contributed by atoms with Crippen molar-refractivity contribution in [2.75, 3.05) is 0 Å². The van der Waals surface area contributed by atoms with Gasteiger partial charge in [0.05, 0.1) is 11.1 Å². The molecule has 0 radical (unpaired) electrons. The first-order valence-corrected chi connectivity index (χ1v) is 8.60.